The smallest absolute Gasteiger partial charge is 0.223 e. The fourth-order valence-corrected chi connectivity index (χ4v) is 1.96. The average molecular weight is 228 g/mol. The second kappa shape index (κ2) is 7.63. The predicted octanol–water partition coefficient (Wildman–Crippen LogP) is 0.871. The second-order valence-corrected chi connectivity index (χ2v) is 4.51. The first-order valence-corrected chi connectivity index (χ1v) is 6.20. The minimum Gasteiger partial charge on any atom is -0.381 e. The van der Waals surface area contributed by atoms with E-state index < -0.39 is 0 Å². The zero-order valence-corrected chi connectivity index (χ0v) is 10.5. The fourth-order valence-electron chi connectivity index (χ4n) is 1.96. The summed E-state index contributed by atoms with van der Waals surface area (Å²) in [5, 5.41) is 2.99. The van der Waals surface area contributed by atoms with Crippen LogP contribution in [0.2, 0.25) is 0 Å². The molecule has 0 bridgehead atoms. The summed E-state index contributed by atoms with van der Waals surface area (Å²) in [5.74, 6) is 0.981. The molecule has 1 fully saturated rings. The maximum absolute atomic E-state index is 11.6. The van der Waals surface area contributed by atoms with Gasteiger partial charge in [0.2, 0.25) is 5.91 Å². The van der Waals surface area contributed by atoms with E-state index in [0.29, 0.717) is 6.42 Å². The average Bonchev–Trinajstić information content (AvgIpc) is 2.34. The summed E-state index contributed by atoms with van der Waals surface area (Å²) in [6.07, 6.45) is 4.02. The van der Waals surface area contributed by atoms with Gasteiger partial charge in [-0.05, 0) is 32.2 Å². The topological polar surface area (TPSA) is 41.6 Å². The van der Waals surface area contributed by atoms with Gasteiger partial charge in [-0.1, -0.05) is 0 Å². The number of hydrogen-bond donors (Lipinski definition) is 1. The molecule has 1 amide bonds. The molecule has 1 saturated heterocycles. The van der Waals surface area contributed by atoms with Crippen LogP contribution in [0.3, 0.4) is 0 Å². The van der Waals surface area contributed by atoms with Gasteiger partial charge in [0, 0.05) is 39.8 Å². The van der Waals surface area contributed by atoms with Gasteiger partial charge in [-0.2, -0.15) is 0 Å². The summed E-state index contributed by atoms with van der Waals surface area (Å²) in [6.45, 7) is 3.43. The van der Waals surface area contributed by atoms with Crippen molar-refractivity contribution in [2.75, 3.05) is 40.4 Å². The van der Waals surface area contributed by atoms with Gasteiger partial charge in [0.1, 0.15) is 0 Å². The van der Waals surface area contributed by atoms with Gasteiger partial charge in [-0.15, -0.1) is 0 Å². The molecular weight excluding hydrogens is 204 g/mol. The second-order valence-electron chi connectivity index (χ2n) is 4.51. The van der Waals surface area contributed by atoms with E-state index in [2.05, 4.69) is 5.32 Å². The Morgan fingerprint density at radius 2 is 2.12 bits per heavy atom. The molecule has 0 aromatic carbocycles. The molecule has 1 N–H and O–H groups in total. The third kappa shape index (κ3) is 4.94. The SMILES string of the molecule is CNCCC(=O)N(C)CCC1CCOCC1. The fraction of sp³-hybridized carbons (Fsp3) is 0.917. The molecule has 4 heteroatoms. The number of nitrogens with one attached hydrogen (secondary N) is 1. The lowest BCUT2D eigenvalue weighted by molar-refractivity contribution is -0.130. The Morgan fingerprint density at radius 3 is 2.75 bits per heavy atom. The van der Waals surface area contributed by atoms with Crippen LogP contribution in [0, 0.1) is 5.92 Å². The van der Waals surface area contributed by atoms with Gasteiger partial charge in [-0.3, -0.25) is 4.79 Å². The Kier molecular flexibility index (Phi) is 6.42. The van der Waals surface area contributed by atoms with Crippen LogP contribution in [0.1, 0.15) is 25.7 Å². The first-order valence-electron chi connectivity index (χ1n) is 6.20. The maximum atomic E-state index is 11.6. The van der Waals surface area contributed by atoms with Crippen LogP contribution in [0.5, 0.6) is 0 Å². The van der Waals surface area contributed by atoms with Gasteiger partial charge in [0.15, 0.2) is 0 Å². The van der Waals surface area contributed by atoms with Crippen LogP contribution in [-0.2, 0) is 9.53 Å². The summed E-state index contributed by atoms with van der Waals surface area (Å²) in [5.41, 5.74) is 0. The van der Waals surface area contributed by atoms with Gasteiger partial charge in [0.05, 0.1) is 0 Å². The predicted molar refractivity (Wildman–Crippen MR) is 64.3 cm³/mol. The summed E-state index contributed by atoms with van der Waals surface area (Å²) < 4.78 is 5.32. The van der Waals surface area contributed by atoms with Crippen LogP contribution in [-0.4, -0.2) is 51.2 Å². The normalized spacial score (nSPS) is 17.4. The van der Waals surface area contributed by atoms with Crippen molar-refractivity contribution in [3.05, 3.63) is 0 Å². The highest BCUT2D eigenvalue weighted by Gasteiger charge is 2.15. The van der Waals surface area contributed by atoms with E-state index in [1.54, 1.807) is 0 Å². The summed E-state index contributed by atoms with van der Waals surface area (Å²) in [7, 11) is 3.77. The largest absolute Gasteiger partial charge is 0.381 e. The Hall–Kier alpha value is -0.610. The van der Waals surface area contributed by atoms with E-state index >= 15 is 0 Å². The zero-order valence-electron chi connectivity index (χ0n) is 10.5. The van der Waals surface area contributed by atoms with Gasteiger partial charge < -0.3 is 15.0 Å². The molecule has 0 aliphatic carbocycles. The molecular formula is C12H24N2O2. The molecule has 0 radical (unpaired) electrons. The molecule has 0 aromatic rings. The lowest BCUT2D eigenvalue weighted by atomic mass is 9.96. The minimum atomic E-state index is 0.237. The summed E-state index contributed by atoms with van der Waals surface area (Å²) in [6, 6.07) is 0. The molecule has 1 aliphatic rings. The highest BCUT2D eigenvalue weighted by Crippen LogP contribution is 2.18. The number of amides is 1. The number of hydrogen-bond acceptors (Lipinski definition) is 3. The Bertz CT molecular complexity index is 203. The molecule has 0 spiro atoms. The van der Waals surface area contributed by atoms with Gasteiger partial charge in [-0.25, -0.2) is 0 Å². The minimum absolute atomic E-state index is 0.237. The van der Waals surface area contributed by atoms with Crippen molar-refractivity contribution < 1.29 is 9.53 Å². The molecule has 0 aromatic heterocycles. The number of carbonyl (C=O) groups excluding carboxylic acids is 1. The van der Waals surface area contributed by atoms with Crippen molar-refractivity contribution in [3.63, 3.8) is 0 Å². The first kappa shape index (κ1) is 13.5. The quantitative estimate of drug-likeness (QED) is 0.733. The van der Waals surface area contributed by atoms with Gasteiger partial charge in [0.25, 0.3) is 0 Å². The van der Waals surface area contributed by atoms with Crippen molar-refractivity contribution in [3.8, 4) is 0 Å². The molecule has 1 heterocycles. The molecule has 0 saturated carbocycles. The lowest BCUT2D eigenvalue weighted by Crippen LogP contribution is -2.31. The number of carbonyl (C=O) groups is 1. The summed E-state index contributed by atoms with van der Waals surface area (Å²) >= 11 is 0. The van der Waals surface area contributed by atoms with E-state index in [1.165, 1.54) is 0 Å². The van der Waals surface area contributed by atoms with Crippen LogP contribution in [0.15, 0.2) is 0 Å². The molecule has 0 unspecified atom stereocenters. The molecule has 16 heavy (non-hydrogen) atoms. The number of rotatable bonds is 6. The van der Waals surface area contributed by atoms with Crippen LogP contribution < -0.4 is 5.32 Å². The third-order valence-electron chi connectivity index (χ3n) is 3.23. The lowest BCUT2D eigenvalue weighted by Gasteiger charge is -2.24. The van der Waals surface area contributed by atoms with Crippen LogP contribution >= 0.6 is 0 Å². The van der Waals surface area contributed by atoms with Crippen molar-refractivity contribution in [2.24, 2.45) is 5.92 Å². The van der Waals surface area contributed by atoms with E-state index in [-0.39, 0.29) is 5.91 Å². The Balaban J connectivity index is 2.12. The molecule has 94 valence electrons. The molecule has 1 rings (SSSR count). The van der Waals surface area contributed by atoms with Crippen LogP contribution in [0.25, 0.3) is 0 Å². The van der Waals surface area contributed by atoms with E-state index in [1.807, 2.05) is 19.0 Å². The van der Waals surface area contributed by atoms with Crippen molar-refractivity contribution in [1.29, 1.82) is 0 Å². The maximum Gasteiger partial charge on any atom is 0.223 e. The molecule has 0 atom stereocenters. The first-order chi connectivity index (χ1) is 7.74. The van der Waals surface area contributed by atoms with Crippen molar-refractivity contribution in [2.45, 2.75) is 25.7 Å². The Morgan fingerprint density at radius 1 is 1.44 bits per heavy atom. The van der Waals surface area contributed by atoms with Crippen molar-refractivity contribution >= 4 is 5.91 Å². The standard InChI is InChI=1S/C12H24N2O2/c1-13-7-3-12(15)14(2)8-4-11-5-9-16-10-6-11/h11,13H,3-10H2,1-2H3. The number of nitrogens with zero attached hydrogens (tertiary/aromatic N) is 1. The van der Waals surface area contributed by atoms with Crippen molar-refractivity contribution in [1.82, 2.24) is 10.2 Å². The number of ether oxygens (including phenoxy) is 1. The Labute approximate surface area is 98.3 Å². The van der Waals surface area contributed by atoms with E-state index in [0.717, 1.165) is 51.5 Å². The van der Waals surface area contributed by atoms with Crippen LogP contribution in [0.4, 0.5) is 0 Å². The van der Waals surface area contributed by atoms with Gasteiger partial charge >= 0.3 is 0 Å². The highest BCUT2D eigenvalue weighted by atomic mass is 16.5. The van der Waals surface area contributed by atoms with E-state index in [4.69, 9.17) is 4.74 Å². The highest BCUT2D eigenvalue weighted by molar-refractivity contribution is 5.75. The molecule has 1 aliphatic heterocycles. The monoisotopic (exact) mass is 228 g/mol. The third-order valence-corrected chi connectivity index (χ3v) is 3.23. The summed E-state index contributed by atoms with van der Waals surface area (Å²) in [4.78, 5) is 13.5. The van der Waals surface area contributed by atoms with E-state index in [9.17, 15) is 4.79 Å². The zero-order chi connectivity index (χ0) is 11.8. The molecule has 4 nitrogen and oxygen atoms in total.